The van der Waals surface area contributed by atoms with Crippen LogP contribution in [0.3, 0.4) is 0 Å². The minimum atomic E-state index is -0.342. The Labute approximate surface area is 106 Å². The topological polar surface area (TPSA) is 48.0 Å². The van der Waals surface area contributed by atoms with Gasteiger partial charge in [-0.3, -0.25) is 4.90 Å². The molecule has 0 aromatic heterocycles. The van der Waals surface area contributed by atoms with Crippen molar-refractivity contribution >= 4 is 6.09 Å². The first kappa shape index (κ1) is 12.5. The zero-order chi connectivity index (χ0) is 13.0. The van der Waals surface area contributed by atoms with E-state index < -0.39 is 0 Å². The number of rotatable bonds is 3. The number of carbonyl (C=O) groups excluding carboxylic acids is 1. The first-order chi connectivity index (χ1) is 8.74. The van der Waals surface area contributed by atoms with Gasteiger partial charge in [-0.05, 0) is 30.7 Å². The molecule has 1 fully saturated rings. The number of amides is 1. The Morgan fingerprint density at radius 1 is 1.22 bits per heavy atom. The standard InChI is InChI=1S/C13H17NO4/c1-16-10-5-7-11(8-6-10)18-12-4-3-9-14(12)13(15)17-2/h5-8,12H,3-4,9H2,1-2H3. The summed E-state index contributed by atoms with van der Waals surface area (Å²) in [5, 5.41) is 0. The SMILES string of the molecule is COC(=O)N1CCCC1Oc1ccc(OC)cc1. The summed E-state index contributed by atoms with van der Waals surface area (Å²) in [7, 11) is 3.00. The smallest absolute Gasteiger partial charge is 0.412 e. The highest BCUT2D eigenvalue weighted by Gasteiger charge is 2.30. The molecule has 0 saturated carbocycles. The molecule has 1 aliphatic rings. The molecule has 1 heterocycles. The van der Waals surface area contributed by atoms with Crippen LogP contribution in [0.2, 0.25) is 0 Å². The van der Waals surface area contributed by atoms with Gasteiger partial charge >= 0.3 is 6.09 Å². The predicted molar refractivity (Wildman–Crippen MR) is 65.8 cm³/mol. The maximum atomic E-state index is 11.5. The van der Waals surface area contributed by atoms with Gasteiger partial charge in [-0.2, -0.15) is 0 Å². The molecular weight excluding hydrogens is 234 g/mol. The molecule has 0 spiro atoms. The Balaban J connectivity index is 2.01. The number of methoxy groups -OCH3 is 2. The molecule has 1 unspecified atom stereocenters. The number of hydrogen-bond acceptors (Lipinski definition) is 4. The summed E-state index contributed by atoms with van der Waals surface area (Å²) in [4.78, 5) is 13.1. The van der Waals surface area contributed by atoms with Gasteiger partial charge in [0, 0.05) is 13.0 Å². The van der Waals surface area contributed by atoms with E-state index >= 15 is 0 Å². The second kappa shape index (κ2) is 5.62. The molecule has 0 bridgehead atoms. The Kier molecular flexibility index (Phi) is 3.92. The van der Waals surface area contributed by atoms with Crippen LogP contribution in [0.15, 0.2) is 24.3 Å². The van der Waals surface area contributed by atoms with Crippen molar-refractivity contribution in [3.8, 4) is 11.5 Å². The fourth-order valence-corrected chi connectivity index (χ4v) is 2.00. The van der Waals surface area contributed by atoms with Crippen molar-refractivity contribution in [3.05, 3.63) is 24.3 Å². The van der Waals surface area contributed by atoms with Gasteiger partial charge in [-0.15, -0.1) is 0 Å². The van der Waals surface area contributed by atoms with Crippen LogP contribution in [0.25, 0.3) is 0 Å². The third-order valence-electron chi connectivity index (χ3n) is 2.94. The monoisotopic (exact) mass is 251 g/mol. The second-order valence-electron chi connectivity index (χ2n) is 4.05. The van der Waals surface area contributed by atoms with E-state index in [0.29, 0.717) is 6.54 Å². The number of carbonyl (C=O) groups is 1. The Bertz CT molecular complexity index is 404. The minimum absolute atomic E-state index is 0.245. The number of likely N-dealkylation sites (tertiary alicyclic amines) is 1. The summed E-state index contributed by atoms with van der Waals surface area (Å²) in [5.74, 6) is 1.50. The van der Waals surface area contributed by atoms with E-state index in [1.807, 2.05) is 24.3 Å². The molecule has 0 radical (unpaired) electrons. The van der Waals surface area contributed by atoms with Crippen LogP contribution in [-0.2, 0) is 4.74 Å². The van der Waals surface area contributed by atoms with Crippen LogP contribution >= 0.6 is 0 Å². The number of ether oxygens (including phenoxy) is 3. The number of hydrogen-bond donors (Lipinski definition) is 0. The summed E-state index contributed by atoms with van der Waals surface area (Å²) in [6, 6.07) is 7.30. The molecule has 0 aliphatic carbocycles. The van der Waals surface area contributed by atoms with Crippen molar-refractivity contribution in [3.63, 3.8) is 0 Å². The van der Waals surface area contributed by atoms with E-state index in [1.54, 1.807) is 12.0 Å². The quantitative estimate of drug-likeness (QED) is 0.826. The zero-order valence-corrected chi connectivity index (χ0v) is 10.6. The van der Waals surface area contributed by atoms with Crippen LogP contribution < -0.4 is 9.47 Å². The predicted octanol–water partition coefficient (Wildman–Crippen LogP) is 2.26. The molecule has 1 amide bonds. The van der Waals surface area contributed by atoms with Crippen molar-refractivity contribution in [1.82, 2.24) is 4.90 Å². The Morgan fingerprint density at radius 3 is 2.50 bits per heavy atom. The number of benzene rings is 1. The fourth-order valence-electron chi connectivity index (χ4n) is 2.00. The van der Waals surface area contributed by atoms with E-state index in [9.17, 15) is 4.79 Å². The molecule has 5 nitrogen and oxygen atoms in total. The van der Waals surface area contributed by atoms with Crippen LogP contribution in [-0.4, -0.2) is 38.0 Å². The molecule has 98 valence electrons. The van der Waals surface area contributed by atoms with E-state index in [-0.39, 0.29) is 12.3 Å². The van der Waals surface area contributed by atoms with Gasteiger partial charge in [0.2, 0.25) is 0 Å². The molecular formula is C13H17NO4. The van der Waals surface area contributed by atoms with E-state index in [0.717, 1.165) is 24.3 Å². The molecule has 2 rings (SSSR count). The van der Waals surface area contributed by atoms with E-state index in [4.69, 9.17) is 14.2 Å². The molecule has 5 heteroatoms. The molecule has 1 saturated heterocycles. The molecule has 1 aromatic carbocycles. The Morgan fingerprint density at radius 2 is 1.89 bits per heavy atom. The first-order valence-corrected chi connectivity index (χ1v) is 5.90. The minimum Gasteiger partial charge on any atom is -0.497 e. The average Bonchev–Trinajstić information content (AvgIpc) is 2.87. The summed E-state index contributed by atoms with van der Waals surface area (Å²) in [6.45, 7) is 0.674. The van der Waals surface area contributed by atoms with Crippen molar-refractivity contribution in [2.75, 3.05) is 20.8 Å². The summed E-state index contributed by atoms with van der Waals surface area (Å²) < 4.78 is 15.6. The van der Waals surface area contributed by atoms with Gasteiger partial charge < -0.3 is 14.2 Å². The second-order valence-corrected chi connectivity index (χ2v) is 4.05. The lowest BCUT2D eigenvalue weighted by Gasteiger charge is -2.24. The molecule has 18 heavy (non-hydrogen) atoms. The van der Waals surface area contributed by atoms with Gasteiger partial charge in [0.05, 0.1) is 14.2 Å². The number of nitrogens with zero attached hydrogens (tertiary/aromatic N) is 1. The van der Waals surface area contributed by atoms with Gasteiger partial charge in [0.15, 0.2) is 6.23 Å². The maximum absolute atomic E-state index is 11.5. The first-order valence-electron chi connectivity index (χ1n) is 5.90. The van der Waals surface area contributed by atoms with Gasteiger partial charge in [0.1, 0.15) is 11.5 Å². The van der Waals surface area contributed by atoms with Crippen molar-refractivity contribution in [2.45, 2.75) is 19.1 Å². The third kappa shape index (κ3) is 2.67. The van der Waals surface area contributed by atoms with Crippen LogP contribution in [0, 0.1) is 0 Å². The Hall–Kier alpha value is -1.91. The van der Waals surface area contributed by atoms with Crippen LogP contribution in [0.1, 0.15) is 12.8 Å². The van der Waals surface area contributed by atoms with Crippen molar-refractivity contribution in [2.24, 2.45) is 0 Å². The lowest BCUT2D eigenvalue weighted by molar-refractivity contribution is 0.0485. The normalized spacial score (nSPS) is 18.6. The fraction of sp³-hybridized carbons (Fsp3) is 0.462. The molecule has 0 N–H and O–H groups in total. The highest BCUT2D eigenvalue weighted by atomic mass is 16.6. The lowest BCUT2D eigenvalue weighted by Crippen LogP contribution is -2.38. The average molecular weight is 251 g/mol. The van der Waals surface area contributed by atoms with Crippen molar-refractivity contribution < 1.29 is 19.0 Å². The van der Waals surface area contributed by atoms with Crippen LogP contribution in [0.5, 0.6) is 11.5 Å². The van der Waals surface area contributed by atoms with E-state index in [1.165, 1.54) is 7.11 Å². The highest BCUT2D eigenvalue weighted by molar-refractivity contribution is 5.68. The highest BCUT2D eigenvalue weighted by Crippen LogP contribution is 2.24. The van der Waals surface area contributed by atoms with E-state index in [2.05, 4.69) is 0 Å². The van der Waals surface area contributed by atoms with Crippen LogP contribution in [0.4, 0.5) is 4.79 Å². The van der Waals surface area contributed by atoms with Gasteiger partial charge in [0.25, 0.3) is 0 Å². The molecule has 1 atom stereocenters. The van der Waals surface area contributed by atoms with Gasteiger partial charge in [-0.25, -0.2) is 4.79 Å². The summed E-state index contributed by atoms with van der Waals surface area (Å²) >= 11 is 0. The summed E-state index contributed by atoms with van der Waals surface area (Å²) in [6.07, 6.45) is 1.16. The lowest BCUT2D eigenvalue weighted by atomic mass is 10.3. The zero-order valence-electron chi connectivity index (χ0n) is 10.6. The largest absolute Gasteiger partial charge is 0.497 e. The summed E-state index contributed by atoms with van der Waals surface area (Å²) in [5.41, 5.74) is 0. The molecule has 1 aromatic rings. The maximum Gasteiger partial charge on any atom is 0.412 e. The molecule has 1 aliphatic heterocycles. The third-order valence-corrected chi connectivity index (χ3v) is 2.94. The van der Waals surface area contributed by atoms with Crippen molar-refractivity contribution in [1.29, 1.82) is 0 Å². The van der Waals surface area contributed by atoms with Gasteiger partial charge in [-0.1, -0.05) is 0 Å².